The summed E-state index contributed by atoms with van der Waals surface area (Å²) >= 11 is 6.19. The van der Waals surface area contributed by atoms with Crippen molar-refractivity contribution in [1.29, 1.82) is 0 Å². The molecular weight excluding hydrogens is 446 g/mol. The largest absolute Gasteiger partial charge is 0.444 e. The van der Waals surface area contributed by atoms with Gasteiger partial charge in [0.05, 0.1) is 21.6 Å². The molecule has 1 aliphatic rings. The predicted molar refractivity (Wildman–Crippen MR) is 113 cm³/mol. The maximum absolute atomic E-state index is 12.1. The Kier molecular flexibility index (Phi) is 6.92. The van der Waals surface area contributed by atoms with Crippen molar-refractivity contribution in [2.75, 3.05) is 19.3 Å². The summed E-state index contributed by atoms with van der Waals surface area (Å²) in [6.07, 6.45) is 2.13. The molecular formula is C20H26ClN3O6S. The molecule has 31 heavy (non-hydrogen) atoms. The Balaban J connectivity index is 1.53. The number of hydrogen-bond acceptors (Lipinski definition) is 8. The van der Waals surface area contributed by atoms with E-state index in [1.807, 2.05) is 20.8 Å². The van der Waals surface area contributed by atoms with E-state index in [2.05, 4.69) is 10.1 Å². The Morgan fingerprint density at radius 2 is 1.97 bits per heavy atom. The topological polar surface area (TPSA) is 112 Å². The van der Waals surface area contributed by atoms with Gasteiger partial charge >= 0.3 is 6.09 Å². The lowest BCUT2D eigenvalue weighted by molar-refractivity contribution is -0.0190. The molecule has 1 aromatic carbocycles. The highest BCUT2D eigenvalue weighted by atomic mass is 35.5. The Morgan fingerprint density at radius 1 is 1.29 bits per heavy atom. The van der Waals surface area contributed by atoms with E-state index in [4.69, 9.17) is 25.6 Å². The van der Waals surface area contributed by atoms with E-state index in [-0.39, 0.29) is 34.6 Å². The molecule has 3 rings (SSSR count). The fraction of sp³-hybridized carbons (Fsp3) is 0.550. The number of halogens is 1. The molecule has 0 radical (unpaired) electrons. The summed E-state index contributed by atoms with van der Waals surface area (Å²) in [7, 11) is -3.36. The number of carbonyl (C=O) groups is 1. The molecule has 2 heterocycles. The first-order valence-corrected chi connectivity index (χ1v) is 12.1. The molecule has 2 aromatic rings. The number of carbonyl (C=O) groups excluding carboxylic acids is 1. The predicted octanol–water partition coefficient (Wildman–Crippen LogP) is 3.71. The Hall–Kier alpha value is -2.17. The van der Waals surface area contributed by atoms with Crippen molar-refractivity contribution in [2.45, 2.75) is 56.8 Å². The number of hydrogen-bond donors (Lipinski definition) is 0. The number of piperidine rings is 1. The molecule has 0 spiro atoms. The molecule has 0 unspecified atom stereocenters. The van der Waals surface area contributed by atoms with Crippen LogP contribution in [0.15, 0.2) is 27.6 Å². The van der Waals surface area contributed by atoms with Crippen LogP contribution in [0.3, 0.4) is 0 Å². The lowest BCUT2D eigenvalue weighted by Gasteiger charge is -2.33. The summed E-state index contributed by atoms with van der Waals surface area (Å²) in [5.74, 6) is 0.538. The van der Waals surface area contributed by atoms with Gasteiger partial charge in [-0.05, 0) is 51.8 Å². The first-order valence-electron chi connectivity index (χ1n) is 9.84. The molecule has 0 aliphatic carbocycles. The summed E-state index contributed by atoms with van der Waals surface area (Å²) in [6.45, 7) is 6.78. The number of sulfone groups is 1. The van der Waals surface area contributed by atoms with Gasteiger partial charge in [-0.2, -0.15) is 4.98 Å². The molecule has 11 heteroatoms. The van der Waals surface area contributed by atoms with Gasteiger partial charge in [-0.15, -0.1) is 0 Å². The highest BCUT2D eigenvalue weighted by Crippen LogP contribution is 2.29. The lowest BCUT2D eigenvalue weighted by Crippen LogP contribution is -2.43. The van der Waals surface area contributed by atoms with Crippen LogP contribution in [-0.4, -0.2) is 60.6 Å². The van der Waals surface area contributed by atoms with E-state index < -0.39 is 15.4 Å². The lowest BCUT2D eigenvalue weighted by atomic mass is 10.1. The van der Waals surface area contributed by atoms with Gasteiger partial charge in [-0.1, -0.05) is 16.8 Å². The van der Waals surface area contributed by atoms with Gasteiger partial charge in [-0.25, -0.2) is 13.2 Å². The van der Waals surface area contributed by atoms with Crippen molar-refractivity contribution >= 4 is 27.5 Å². The third kappa shape index (κ3) is 6.41. The zero-order valence-corrected chi connectivity index (χ0v) is 19.5. The minimum atomic E-state index is -3.36. The van der Waals surface area contributed by atoms with Gasteiger partial charge in [-0.3, -0.25) is 0 Å². The standard InChI is InChI=1S/C20H26ClN3O6S/c1-20(2,3)29-19(25)24-9-7-13(8-10-24)28-12-17-22-18(30-23-17)15-6-5-14(11-16(15)21)31(4,26)27/h5-6,11,13H,7-10,12H2,1-4H3. The maximum atomic E-state index is 12.1. The molecule has 0 saturated carbocycles. The second-order valence-corrected chi connectivity index (χ2v) is 10.8. The Bertz CT molecular complexity index is 1040. The molecule has 170 valence electrons. The van der Waals surface area contributed by atoms with E-state index in [1.165, 1.54) is 18.2 Å². The van der Waals surface area contributed by atoms with Crippen LogP contribution in [0.4, 0.5) is 4.79 Å². The second-order valence-electron chi connectivity index (χ2n) is 8.41. The quantitative estimate of drug-likeness (QED) is 0.648. The summed E-state index contributed by atoms with van der Waals surface area (Å²) in [4.78, 5) is 18.2. The summed E-state index contributed by atoms with van der Waals surface area (Å²) in [5.41, 5.74) is -0.0760. The van der Waals surface area contributed by atoms with Crippen molar-refractivity contribution in [1.82, 2.24) is 15.0 Å². The van der Waals surface area contributed by atoms with E-state index in [0.29, 0.717) is 37.3 Å². The van der Waals surface area contributed by atoms with Crippen molar-refractivity contribution < 1.29 is 27.2 Å². The van der Waals surface area contributed by atoms with E-state index in [9.17, 15) is 13.2 Å². The normalized spacial score (nSPS) is 15.8. The van der Waals surface area contributed by atoms with Gasteiger partial charge < -0.3 is 18.9 Å². The molecule has 0 atom stereocenters. The molecule has 1 saturated heterocycles. The van der Waals surface area contributed by atoms with Crippen molar-refractivity contribution in [2.24, 2.45) is 0 Å². The van der Waals surface area contributed by atoms with Crippen LogP contribution in [0.5, 0.6) is 0 Å². The molecule has 1 fully saturated rings. The van der Waals surface area contributed by atoms with Crippen LogP contribution in [0.2, 0.25) is 5.02 Å². The van der Waals surface area contributed by atoms with Gasteiger partial charge in [0, 0.05) is 19.3 Å². The molecule has 9 nitrogen and oxygen atoms in total. The number of benzene rings is 1. The van der Waals surface area contributed by atoms with E-state index >= 15 is 0 Å². The van der Waals surface area contributed by atoms with Gasteiger partial charge in [0.25, 0.3) is 5.89 Å². The Labute approximate surface area is 186 Å². The second kappa shape index (κ2) is 9.13. The monoisotopic (exact) mass is 471 g/mol. The average molecular weight is 472 g/mol. The minimum absolute atomic E-state index is 0.0294. The van der Waals surface area contributed by atoms with Gasteiger partial charge in [0.2, 0.25) is 0 Å². The smallest absolute Gasteiger partial charge is 0.410 e. The average Bonchev–Trinajstić information content (AvgIpc) is 3.13. The molecule has 1 amide bonds. The molecule has 0 N–H and O–H groups in total. The maximum Gasteiger partial charge on any atom is 0.410 e. The first-order chi connectivity index (χ1) is 14.4. The van der Waals surface area contributed by atoms with Crippen LogP contribution >= 0.6 is 11.6 Å². The number of nitrogens with zero attached hydrogens (tertiary/aromatic N) is 3. The van der Waals surface area contributed by atoms with E-state index in [1.54, 1.807) is 4.90 Å². The number of aromatic nitrogens is 2. The molecule has 1 aromatic heterocycles. The molecule has 1 aliphatic heterocycles. The van der Waals surface area contributed by atoms with E-state index in [0.717, 1.165) is 6.26 Å². The fourth-order valence-electron chi connectivity index (χ4n) is 3.05. The number of likely N-dealkylation sites (tertiary alicyclic amines) is 1. The molecule has 0 bridgehead atoms. The highest BCUT2D eigenvalue weighted by Gasteiger charge is 2.27. The SMILES string of the molecule is CC(C)(C)OC(=O)N1CCC(OCc2noc(-c3ccc(S(C)(=O)=O)cc3Cl)n2)CC1. The summed E-state index contributed by atoms with van der Waals surface area (Å²) in [6, 6.07) is 4.32. The zero-order chi connectivity index (χ0) is 22.8. The number of rotatable bonds is 5. The van der Waals surface area contributed by atoms with Gasteiger partial charge in [0.15, 0.2) is 15.7 Å². The first kappa shape index (κ1) is 23.5. The van der Waals surface area contributed by atoms with Crippen LogP contribution in [-0.2, 0) is 25.9 Å². The van der Waals surface area contributed by atoms with Crippen LogP contribution in [0.25, 0.3) is 11.5 Å². The van der Waals surface area contributed by atoms with Crippen LogP contribution in [0, 0.1) is 0 Å². The highest BCUT2D eigenvalue weighted by molar-refractivity contribution is 7.90. The number of amides is 1. The Morgan fingerprint density at radius 3 is 2.55 bits per heavy atom. The van der Waals surface area contributed by atoms with Crippen molar-refractivity contribution in [3.63, 3.8) is 0 Å². The van der Waals surface area contributed by atoms with Crippen LogP contribution in [0.1, 0.15) is 39.4 Å². The van der Waals surface area contributed by atoms with Crippen molar-refractivity contribution in [3.8, 4) is 11.5 Å². The third-order valence-electron chi connectivity index (χ3n) is 4.61. The zero-order valence-electron chi connectivity index (χ0n) is 17.9. The number of ether oxygens (including phenoxy) is 2. The minimum Gasteiger partial charge on any atom is -0.444 e. The van der Waals surface area contributed by atoms with Gasteiger partial charge in [0.1, 0.15) is 12.2 Å². The summed E-state index contributed by atoms with van der Waals surface area (Å²) in [5, 5.41) is 4.10. The third-order valence-corrected chi connectivity index (χ3v) is 6.03. The fourth-order valence-corrected chi connectivity index (χ4v) is 4.02. The summed E-state index contributed by atoms with van der Waals surface area (Å²) < 4.78 is 39.8. The van der Waals surface area contributed by atoms with Crippen LogP contribution < -0.4 is 0 Å². The van der Waals surface area contributed by atoms with Crippen molar-refractivity contribution in [3.05, 3.63) is 29.0 Å².